The van der Waals surface area contributed by atoms with Crippen LogP contribution < -0.4 is 10.9 Å². The third-order valence-corrected chi connectivity index (χ3v) is 6.37. The molecule has 1 heterocycles. The van der Waals surface area contributed by atoms with Gasteiger partial charge in [0, 0.05) is 24.7 Å². The molecule has 0 unspecified atom stereocenters. The molecule has 0 aliphatic heterocycles. The van der Waals surface area contributed by atoms with Crippen molar-refractivity contribution in [2.24, 2.45) is 0 Å². The number of nitrogens with one attached hydrogen (secondary N) is 2. The van der Waals surface area contributed by atoms with Gasteiger partial charge >= 0.3 is 5.97 Å². The Kier molecular flexibility index (Phi) is 6.92. The van der Waals surface area contributed by atoms with Gasteiger partial charge in [-0.25, -0.2) is 13.4 Å². The van der Waals surface area contributed by atoms with E-state index in [1.807, 2.05) is 0 Å². The highest BCUT2D eigenvalue weighted by Gasteiger charge is 2.23. The van der Waals surface area contributed by atoms with Crippen LogP contribution in [-0.2, 0) is 31.0 Å². The molecule has 1 aromatic heterocycles. The van der Waals surface area contributed by atoms with E-state index in [1.54, 1.807) is 6.07 Å². The minimum absolute atomic E-state index is 0.0562. The standard InChI is InChI=1S/C20H19ClN4O6S/c1-12(26)22-14-4-6-15(7-5-14)32(29,30)25(2)10-19(27)31-11-18-23-17-9-13(21)3-8-16(17)20(28)24-18/h3-9H,10-11H2,1-2H3,(H,22,26)(H,23,24,28). The van der Waals surface area contributed by atoms with Crippen LogP contribution in [0.4, 0.5) is 5.69 Å². The van der Waals surface area contributed by atoms with Crippen LogP contribution in [0.5, 0.6) is 0 Å². The summed E-state index contributed by atoms with van der Waals surface area (Å²) in [6.45, 7) is 0.428. The first-order valence-electron chi connectivity index (χ1n) is 9.24. The third-order valence-electron chi connectivity index (χ3n) is 4.32. The lowest BCUT2D eigenvalue weighted by Crippen LogP contribution is -2.33. The van der Waals surface area contributed by atoms with Crippen molar-refractivity contribution >= 4 is 50.1 Å². The maximum absolute atomic E-state index is 12.7. The van der Waals surface area contributed by atoms with Gasteiger partial charge in [0.15, 0.2) is 0 Å². The number of rotatable bonds is 7. The molecule has 0 fully saturated rings. The Labute approximate surface area is 188 Å². The lowest BCUT2D eigenvalue weighted by Gasteiger charge is -2.16. The second kappa shape index (κ2) is 9.47. The number of sulfonamides is 1. The predicted octanol–water partition coefficient (Wildman–Crippen LogP) is 1.90. The minimum Gasteiger partial charge on any atom is -0.457 e. The van der Waals surface area contributed by atoms with Crippen LogP contribution >= 0.6 is 11.6 Å². The molecule has 0 spiro atoms. The molecule has 3 aromatic rings. The molecule has 0 saturated carbocycles. The lowest BCUT2D eigenvalue weighted by molar-refractivity contribution is -0.145. The molecule has 0 aliphatic rings. The summed E-state index contributed by atoms with van der Waals surface area (Å²) < 4.78 is 31.2. The zero-order valence-electron chi connectivity index (χ0n) is 17.1. The number of esters is 1. The Morgan fingerprint density at radius 1 is 1.19 bits per heavy atom. The highest BCUT2D eigenvalue weighted by Crippen LogP contribution is 2.18. The molecule has 0 atom stereocenters. The average Bonchev–Trinajstić information content (AvgIpc) is 2.72. The van der Waals surface area contributed by atoms with Gasteiger partial charge in [0.25, 0.3) is 5.56 Å². The third kappa shape index (κ3) is 5.49. The van der Waals surface area contributed by atoms with Crippen molar-refractivity contribution in [2.45, 2.75) is 18.4 Å². The van der Waals surface area contributed by atoms with Gasteiger partial charge in [0.2, 0.25) is 15.9 Å². The number of nitrogens with zero attached hydrogens (tertiary/aromatic N) is 2. The van der Waals surface area contributed by atoms with Crippen LogP contribution in [0.3, 0.4) is 0 Å². The number of carbonyl (C=O) groups is 2. The van der Waals surface area contributed by atoms with E-state index in [0.717, 1.165) is 4.31 Å². The average molecular weight is 479 g/mol. The highest BCUT2D eigenvalue weighted by molar-refractivity contribution is 7.89. The van der Waals surface area contributed by atoms with Gasteiger partial charge in [-0.15, -0.1) is 0 Å². The number of aromatic nitrogens is 2. The molecule has 0 radical (unpaired) electrons. The van der Waals surface area contributed by atoms with Gasteiger partial charge < -0.3 is 15.0 Å². The number of likely N-dealkylation sites (N-methyl/N-ethyl adjacent to an activating group) is 1. The van der Waals surface area contributed by atoms with E-state index in [1.165, 1.54) is 50.4 Å². The van der Waals surface area contributed by atoms with Crippen molar-refractivity contribution in [1.29, 1.82) is 0 Å². The zero-order chi connectivity index (χ0) is 23.5. The normalized spacial score (nSPS) is 11.5. The van der Waals surface area contributed by atoms with Crippen LogP contribution in [0.25, 0.3) is 10.9 Å². The molecule has 2 N–H and O–H groups in total. The van der Waals surface area contributed by atoms with Crippen LogP contribution in [-0.4, -0.2) is 48.2 Å². The largest absolute Gasteiger partial charge is 0.457 e. The molecule has 0 saturated heterocycles. The summed E-state index contributed by atoms with van der Waals surface area (Å²) in [5, 5.41) is 3.27. The predicted molar refractivity (Wildman–Crippen MR) is 118 cm³/mol. The van der Waals surface area contributed by atoms with Gasteiger partial charge in [-0.1, -0.05) is 11.6 Å². The Hall–Kier alpha value is -3.28. The SMILES string of the molecule is CC(=O)Nc1ccc(S(=O)(=O)N(C)CC(=O)OCc2nc3cc(Cl)ccc3c(=O)[nH]2)cc1. The van der Waals surface area contributed by atoms with Gasteiger partial charge in [-0.2, -0.15) is 4.31 Å². The topological polar surface area (TPSA) is 139 Å². The fraction of sp³-hybridized carbons (Fsp3) is 0.200. The Balaban J connectivity index is 1.64. The molecule has 3 rings (SSSR count). The van der Waals surface area contributed by atoms with E-state index in [-0.39, 0.29) is 23.2 Å². The summed E-state index contributed by atoms with van der Waals surface area (Å²) in [6.07, 6.45) is 0. The van der Waals surface area contributed by atoms with Crippen molar-refractivity contribution in [3.8, 4) is 0 Å². The number of ether oxygens (including phenoxy) is 1. The number of fused-ring (bicyclic) bond motifs is 1. The van der Waals surface area contributed by atoms with Crippen molar-refractivity contribution in [1.82, 2.24) is 14.3 Å². The molecule has 32 heavy (non-hydrogen) atoms. The first kappa shape index (κ1) is 23.4. The van der Waals surface area contributed by atoms with Crippen LogP contribution in [0.1, 0.15) is 12.7 Å². The molecule has 12 heteroatoms. The number of hydrogen-bond donors (Lipinski definition) is 2. The quantitative estimate of drug-likeness (QED) is 0.494. The fourth-order valence-electron chi connectivity index (χ4n) is 2.78. The summed E-state index contributed by atoms with van der Waals surface area (Å²) in [4.78, 5) is 42.0. The number of hydrogen-bond acceptors (Lipinski definition) is 7. The second-order valence-electron chi connectivity index (χ2n) is 6.80. The smallest absolute Gasteiger partial charge is 0.321 e. The molecular formula is C20H19ClN4O6S. The summed E-state index contributed by atoms with van der Waals surface area (Å²) in [5.74, 6) is -1.03. The van der Waals surface area contributed by atoms with Crippen LogP contribution in [0.15, 0.2) is 52.2 Å². The van der Waals surface area contributed by atoms with Crippen molar-refractivity contribution in [2.75, 3.05) is 18.9 Å². The Morgan fingerprint density at radius 2 is 1.88 bits per heavy atom. The van der Waals surface area contributed by atoms with E-state index in [2.05, 4.69) is 15.3 Å². The molecule has 168 valence electrons. The minimum atomic E-state index is -3.97. The number of benzene rings is 2. The first-order chi connectivity index (χ1) is 15.1. The van der Waals surface area contributed by atoms with Crippen molar-refractivity contribution < 1.29 is 22.7 Å². The molecule has 2 aromatic carbocycles. The van der Waals surface area contributed by atoms with Crippen LogP contribution in [0, 0.1) is 0 Å². The highest BCUT2D eigenvalue weighted by atomic mass is 35.5. The van der Waals surface area contributed by atoms with E-state index in [4.69, 9.17) is 16.3 Å². The number of anilines is 1. The molecule has 1 amide bonds. The number of aromatic amines is 1. The van der Waals surface area contributed by atoms with Gasteiger partial charge in [0.05, 0.1) is 15.8 Å². The van der Waals surface area contributed by atoms with E-state index >= 15 is 0 Å². The monoisotopic (exact) mass is 478 g/mol. The first-order valence-corrected chi connectivity index (χ1v) is 11.1. The van der Waals surface area contributed by atoms with Gasteiger partial charge in [-0.05, 0) is 42.5 Å². The summed E-state index contributed by atoms with van der Waals surface area (Å²) >= 11 is 5.91. The van der Waals surface area contributed by atoms with E-state index in [9.17, 15) is 22.8 Å². The Bertz CT molecular complexity index is 1340. The van der Waals surface area contributed by atoms with Gasteiger partial charge in [0.1, 0.15) is 19.0 Å². The molecule has 10 nitrogen and oxygen atoms in total. The maximum atomic E-state index is 12.7. The van der Waals surface area contributed by atoms with Crippen molar-refractivity contribution in [3.63, 3.8) is 0 Å². The molecule has 0 aliphatic carbocycles. The Morgan fingerprint density at radius 3 is 2.53 bits per heavy atom. The fourth-order valence-corrected chi connectivity index (χ4v) is 4.07. The van der Waals surface area contributed by atoms with Crippen LogP contribution in [0.2, 0.25) is 5.02 Å². The molecular weight excluding hydrogens is 460 g/mol. The van der Waals surface area contributed by atoms with Crippen molar-refractivity contribution in [3.05, 3.63) is 63.7 Å². The molecule has 0 bridgehead atoms. The van der Waals surface area contributed by atoms with Gasteiger partial charge in [-0.3, -0.25) is 14.4 Å². The number of H-pyrrole nitrogens is 1. The summed E-state index contributed by atoms with van der Waals surface area (Å²) in [6, 6.07) is 10.1. The summed E-state index contributed by atoms with van der Waals surface area (Å²) in [5.41, 5.74) is 0.367. The second-order valence-corrected chi connectivity index (χ2v) is 9.28. The number of halogens is 1. The maximum Gasteiger partial charge on any atom is 0.321 e. The van der Waals surface area contributed by atoms with E-state index < -0.39 is 28.1 Å². The zero-order valence-corrected chi connectivity index (χ0v) is 18.7. The lowest BCUT2D eigenvalue weighted by atomic mass is 10.2. The number of amides is 1. The number of carbonyl (C=O) groups excluding carboxylic acids is 2. The van der Waals surface area contributed by atoms with E-state index in [0.29, 0.717) is 21.6 Å². The summed E-state index contributed by atoms with van der Waals surface area (Å²) in [7, 11) is -2.74.